The highest BCUT2D eigenvalue weighted by Gasteiger charge is 2.17. The van der Waals surface area contributed by atoms with Crippen molar-refractivity contribution in [3.63, 3.8) is 0 Å². The SMILES string of the molecule is CC1COCCN1CCCCCCCl. The summed E-state index contributed by atoms with van der Waals surface area (Å²) in [4.78, 5) is 2.53. The monoisotopic (exact) mass is 219 g/mol. The lowest BCUT2D eigenvalue weighted by Crippen LogP contribution is -2.43. The first-order valence-corrected chi connectivity index (χ1v) is 6.26. The molecule has 0 spiro atoms. The van der Waals surface area contributed by atoms with Crippen molar-refractivity contribution in [2.75, 3.05) is 32.2 Å². The minimum absolute atomic E-state index is 0.608. The van der Waals surface area contributed by atoms with Crippen LogP contribution in [-0.2, 0) is 4.74 Å². The van der Waals surface area contributed by atoms with Gasteiger partial charge in [0.05, 0.1) is 13.2 Å². The van der Waals surface area contributed by atoms with Crippen molar-refractivity contribution in [1.82, 2.24) is 4.90 Å². The van der Waals surface area contributed by atoms with Gasteiger partial charge in [0.1, 0.15) is 0 Å². The van der Waals surface area contributed by atoms with Crippen LogP contribution >= 0.6 is 11.6 Å². The summed E-state index contributed by atoms with van der Waals surface area (Å²) in [6, 6.07) is 0.608. The number of alkyl halides is 1. The third-order valence-electron chi connectivity index (χ3n) is 2.83. The highest BCUT2D eigenvalue weighted by Crippen LogP contribution is 2.09. The van der Waals surface area contributed by atoms with Crippen LogP contribution in [0.5, 0.6) is 0 Å². The Morgan fingerprint density at radius 2 is 2.07 bits per heavy atom. The van der Waals surface area contributed by atoms with Crippen LogP contribution in [0.4, 0.5) is 0 Å². The van der Waals surface area contributed by atoms with Crippen LogP contribution in [0.2, 0.25) is 0 Å². The molecule has 1 unspecified atom stereocenters. The number of ether oxygens (including phenoxy) is 1. The third-order valence-corrected chi connectivity index (χ3v) is 3.10. The van der Waals surface area contributed by atoms with Gasteiger partial charge in [0.2, 0.25) is 0 Å². The molecule has 0 N–H and O–H groups in total. The van der Waals surface area contributed by atoms with Crippen LogP contribution < -0.4 is 0 Å². The average Bonchev–Trinajstić information content (AvgIpc) is 2.20. The van der Waals surface area contributed by atoms with Crippen molar-refractivity contribution in [3.05, 3.63) is 0 Å². The van der Waals surface area contributed by atoms with E-state index < -0.39 is 0 Å². The lowest BCUT2D eigenvalue weighted by molar-refractivity contribution is -0.000905. The molecule has 0 aromatic carbocycles. The first kappa shape index (κ1) is 12.3. The van der Waals surface area contributed by atoms with E-state index in [9.17, 15) is 0 Å². The van der Waals surface area contributed by atoms with Crippen LogP contribution in [0.25, 0.3) is 0 Å². The van der Waals surface area contributed by atoms with Gasteiger partial charge in [-0.15, -0.1) is 11.6 Å². The van der Waals surface area contributed by atoms with Crippen molar-refractivity contribution in [1.29, 1.82) is 0 Å². The van der Waals surface area contributed by atoms with Crippen molar-refractivity contribution in [2.24, 2.45) is 0 Å². The summed E-state index contributed by atoms with van der Waals surface area (Å²) in [7, 11) is 0. The fourth-order valence-corrected chi connectivity index (χ4v) is 2.05. The van der Waals surface area contributed by atoms with Gasteiger partial charge in [-0.3, -0.25) is 4.90 Å². The Labute approximate surface area is 92.6 Å². The highest BCUT2D eigenvalue weighted by atomic mass is 35.5. The smallest absolute Gasteiger partial charge is 0.0619 e. The second kappa shape index (κ2) is 7.49. The van der Waals surface area contributed by atoms with Gasteiger partial charge >= 0.3 is 0 Å². The molecule has 0 aliphatic carbocycles. The molecular formula is C11H22ClNO. The highest BCUT2D eigenvalue weighted by molar-refractivity contribution is 6.17. The standard InChI is InChI=1S/C11H22ClNO/c1-11-10-14-9-8-13(11)7-5-3-2-4-6-12/h11H,2-10H2,1H3. The summed E-state index contributed by atoms with van der Waals surface area (Å²) in [5, 5.41) is 0. The van der Waals surface area contributed by atoms with Gasteiger partial charge in [-0.05, 0) is 26.3 Å². The second-order valence-electron chi connectivity index (χ2n) is 4.06. The lowest BCUT2D eigenvalue weighted by atomic mass is 10.1. The van der Waals surface area contributed by atoms with E-state index in [1.807, 2.05) is 0 Å². The Hall–Kier alpha value is 0.210. The summed E-state index contributed by atoms with van der Waals surface area (Å²) in [5.41, 5.74) is 0. The summed E-state index contributed by atoms with van der Waals surface area (Å²) >= 11 is 5.63. The molecule has 3 heteroatoms. The lowest BCUT2D eigenvalue weighted by Gasteiger charge is -2.33. The fraction of sp³-hybridized carbons (Fsp3) is 1.00. The molecule has 0 aromatic heterocycles. The number of nitrogens with zero attached hydrogens (tertiary/aromatic N) is 1. The molecule has 1 saturated heterocycles. The Morgan fingerprint density at radius 1 is 1.29 bits per heavy atom. The maximum Gasteiger partial charge on any atom is 0.0619 e. The van der Waals surface area contributed by atoms with E-state index in [1.165, 1.54) is 32.2 Å². The number of unbranched alkanes of at least 4 members (excludes halogenated alkanes) is 3. The van der Waals surface area contributed by atoms with Gasteiger partial charge in [-0.1, -0.05) is 12.8 Å². The molecule has 0 radical (unpaired) electrons. The van der Waals surface area contributed by atoms with E-state index in [1.54, 1.807) is 0 Å². The molecular weight excluding hydrogens is 198 g/mol. The van der Waals surface area contributed by atoms with E-state index in [2.05, 4.69) is 11.8 Å². The summed E-state index contributed by atoms with van der Waals surface area (Å²) in [6.45, 7) is 6.40. The Bertz CT molecular complexity index is 143. The van der Waals surface area contributed by atoms with E-state index in [-0.39, 0.29) is 0 Å². The molecule has 0 amide bonds. The predicted octanol–water partition coefficient (Wildman–Crippen LogP) is 2.51. The van der Waals surface area contributed by atoms with Gasteiger partial charge in [-0.25, -0.2) is 0 Å². The van der Waals surface area contributed by atoms with Crippen LogP contribution in [0.1, 0.15) is 32.6 Å². The van der Waals surface area contributed by atoms with Gasteiger partial charge in [0, 0.05) is 18.5 Å². The first-order chi connectivity index (χ1) is 6.84. The summed E-state index contributed by atoms with van der Waals surface area (Å²) in [5.74, 6) is 0.813. The minimum atomic E-state index is 0.608. The maximum atomic E-state index is 5.63. The quantitative estimate of drug-likeness (QED) is 0.503. The minimum Gasteiger partial charge on any atom is -0.379 e. The number of hydrogen-bond acceptors (Lipinski definition) is 2. The fourth-order valence-electron chi connectivity index (χ4n) is 1.86. The molecule has 14 heavy (non-hydrogen) atoms. The zero-order valence-electron chi connectivity index (χ0n) is 9.17. The van der Waals surface area contributed by atoms with Crippen molar-refractivity contribution in [2.45, 2.75) is 38.6 Å². The van der Waals surface area contributed by atoms with E-state index in [0.717, 1.165) is 25.6 Å². The van der Waals surface area contributed by atoms with Crippen LogP contribution in [0.15, 0.2) is 0 Å². The number of morpholine rings is 1. The molecule has 2 nitrogen and oxygen atoms in total. The number of hydrogen-bond donors (Lipinski definition) is 0. The van der Waals surface area contributed by atoms with Crippen LogP contribution in [0, 0.1) is 0 Å². The molecule has 0 saturated carbocycles. The normalized spacial score (nSPS) is 24.0. The van der Waals surface area contributed by atoms with Crippen LogP contribution in [0.3, 0.4) is 0 Å². The van der Waals surface area contributed by atoms with E-state index in [4.69, 9.17) is 16.3 Å². The Kier molecular flexibility index (Phi) is 6.57. The zero-order valence-corrected chi connectivity index (χ0v) is 9.93. The molecule has 1 aliphatic rings. The van der Waals surface area contributed by atoms with Gasteiger partial charge in [0.15, 0.2) is 0 Å². The van der Waals surface area contributed by atoms with Crippen molar-refractivity contribution >= 4 is 11.6 Å². The van der Waals surface area contributed by atoms with Gasteiger partial charge < -0.3 is 4.74 Å². The molecule has 0 aromatic rings. The van der Waals surface area contributed by atoms with Gasteiger partial charge in [-0.2, -0.15) is 0 Å². The molecule has 1 aliphatic heterocycles. The molecule has 1 rings (SSSR count). The summed E-state index contributed by atoms with van der Waals surface area (Å²) < 4.78 is 5.40. The van der Waals surface area contributed by atoms with E-state index in [0.29, 0.717) is 6.04 Å². The molecule has 84 valence electrons. The second-order valence-corrected chi connectivity index (χ2v) is 4.44. The third kappa shape index (κ3) is 4.63. The average molecular weight is 220 g/mol. The van der Waals surface area contributed by atoms with E-state index >= 15 is 0 Å². The van der Waals surface area contributed by atoms with Crippen molar-refractivity contribution < 1.29 is 4.74 Å². The van der Waals surface area contributed by atoms with Crippen molar-refractivity contribution in [3.8, 4) is 0 Å². The molecule has 0 bridgehead atoms. The Morgan fingerprint density at radius 3 is 2.79 bits per heavy atom. The van der Waals surface area contributed by atoms with Crippen LogP contribution in [-0.4, -0.2) is 43.1 Å². The van der Waals surface area contributed by atoms with Gasteiger partial charge in [0.25, 0.3) is 0 Å². The molecule has 1 atom stereocenters. The molecule has 1 heterocycles. The number of rotatable bonds is 6. The summed E-state index contributed by atoms with van der Waals surface area (Å²) in [6.07, 6.45) is 5.07. The Balaban J connectivity index is 1.99. The zero-order chi connectivity index (χ0) is 10.2. The maximum absolute atomic E-state index is 5.63. The predicted molar refractivity (Wildman–Crippen MR) is 61.0 cm³/mol. The topological polar surface area (TPSA) is 12.5 Å². The first-order valence-electron chi connectivity index (χ1n) is 5.72. The molecule has 1 fully saturated rings. The number of halogens is 1. The largest absolute Gasteiger partial charge is 0.379 e.